The summed E-state index contributed by atoms with van der Waals surface area (Å²) in [4.78, 5) is 12.9. The Morgan fingerprint density at radius 1 is 1.25 bits per heavy atom. The largest absolute Gasteiger partial charge is 0.478 e. The maximum atomic E-state index is 15.4. The molecule has 1 N–H and O–H groups in total. The summed E-state index contributed by atoms with van der Waals surface area (Å²) < 4.78 is 32.9. The number of carboxylic acid groups (broad SMARTS) is 1. The Labute approximate surface area is 186 Å². The van der Waals surface area contributed by atoms with Gasteiger partial charge in [0.05, 0.1) is 6.04 Å². The second-order valence-electron chi connectivity index (χ2n) is 8.28. The Morgan fingerprint density at radius 3 is 2.59 bits per heavy atom. The first kappa shape index (κ1) is 22.0. The zero-order valence-corrected chi connectivity index (χ0v) is 18.2. The minimum absolute atomic E-state index is 0.0137. The van der Waals surface area contributed by atoms with Crippen LogP contribution in [-0.4, -0.2) is 33.1 Å². The first-order valence-corrected chi connectivity index (χ1v) is 10.7. The Kier molecular flexibility index (Phi) is 5.98. The lowest BCUT2D eigenvalue weighted by Gasteiger charge is -2.41. The summed E-state index contributed by atoms with van der Waals surface area (Å²) in [6.45, 7) is 6.52. The predicted octanol–water partition coefficient (Wildman–Crippen LogP) is 5.47. The van der Waals surface area contributed by atoms with Gasteiger partial charge in [-0.05, 0) is 55.2 Å². The summed E-state index contributed by atoms with van der Waals surface area (Å²) in [5.41, 5.74) is 3.19. The van der Waals surface area contributed by atoms with Gasteiger partial charge in [-0.15, -0.1) is 6.58 Å². The molecule has 1 aromatic heterocycles. The van der Waals surface area contributed by atoms with Crippen molar-refractivity contribution in [2.75, 3.05) is 6.54 Å². The van der Waals surface area contributed by atoms with Gasteiger partial charge < -0.3 is 9.67 Å². The van der Waals surface area contributed by atoms with E-state index in [2.05, 4.69) is 24.5 Å². The molecule has 4 rings (SSSR count). The number of rotatable bonds is 6. The van der Waals surface area contributed by atoms with Crippen molar-refractivity contribution >= 4 is 22.9 Å². The quantitative estimate of drug-likeness (QED) is 0.412. The average molecular weight is 437 g/mol. The number of para-hydroxylation sites is 1. The van der Waals surface area contributed by atoms with Crippen molar-refractivity contribution < 1.29 is 18.7 Å². The van der Waals surface area contributed by atoms with Crippen LogP contribution in [0.2, 0.25) is 0 Å². The second-order valence-corrected chi connectivity index (χ2v) is 8.28. The van der Waals surface area contributed by atoms with Crippen molar-refractivity contribution in [1.82, 2.24) is 9.47 Å². The summed E-state index contributed by atoms with van der Waals surface area (Å²) in [6, 6.07) is 9.90. The molecule has 2 heterocycles. The zero-order chi connectivity index (χ0) is 23.0. The van der Waals surface area contributed by atoms with E-state index in [1.54, 1.807) is 0 Å². The Bertz CT molecular complexity index is 1210. The van der Waals surface area contributed by atoms with Gasteiger partial charge in [0.15, 0.2) is 0 Å². The topological polar surface area (TPSA) is 45.5 Å². The number of carbonyl (C=O) groups is 1. The summed E-state index contributed by atoms with van der Waals surface area (Å²) >= 11 is 0. The highest BCUT2D eigenvalue weighted by molar-refractivity contribution is 5.86. The van der Waals surface area contributed by atoms with Crippen molar-refractivity contribution in [3.8, 4) is 0 Å². The minimum atomic E-state index is -1.17. The van der Waals surface area contributed by atoms with Crippen LogP contribution in [0.5, 0.6) is 0 Å². The van der Waals surface area contributed by atoms with E-state index >= 15 is 8.78 Å². The maximum Gasteiger partial charge on any atom is 0.328 e. The number of nitrogens with zero attached hydrogens (tertiary/aromatic N) is 2. The van der Waals surface area contributed by atoms with Crippen LogP contribution in [0, 0.1) is 11.6 Å². The molecule has 0 amide bonds. The Balaban J connectivity index is 1.94. The molecular weight excluding hydrogens is 410 g/mol. The number of hydrogen-bond acceptors (Lipinski definition) is 2. The predicted molar refractivity (Wildman–Crippen MR) is 122 cm³/mol. The lowest BCUT2D eigenvalue weighted by molar-refractivity contribution is -0.131. The van der Waals surface area contributed by atoms with E-state index in [0.29, 0.717) is 13.0 Å². The molecule has 2 atom stereocenters. The van der Waals surface area contributed by atoms with Crippen LogP contribution in [0.3, 0.4) is 0 Å². The van der Waals surface area contributed by atoms with Crippen molar-refractivity contribution in [3.63, 3.8) is 0 Å². The van der Waals surface area contributed by atoms with E-state index in [9.17, 15) is 4.79 Å². The molecule has 0 saturated carbocycles. The van der Waals surface area contributed by atoms with E-state index in [1.807, 2.05) is 35.9 Å². The minimum Gasteiger partial charge on any atom is -0.478 e. The molecule has 6 heteroatoms. The third kappa shape index (κ3) is 3.75. The molecule has 0 spiro atoms. The fraction of sp³-hybridized carbons (Fsp3) is 0.269. The standard InChI is InChI=1S/C26H26F2N2O2/c1-4-5-12-30-16(2)13-19-18-8-6-7-9-22(18)29(3)25(19)26(30)24-20(27)14-17(15-21(24)28)10-11-23(31)32/h4,6-11,14-16,26H,1,5,12-13H2,2-3H3,(H,31,32)/b11-10+/t16-,26-/m1/s1. The molecule has 0 bridgehead atoms. The van der Waals surface area contributed by atoms with Gasteiger partial charge in [-0.3, -0.25) is 4.90 Å². The molecule has 0 unspecified atom stereocenters. The Hall–Kier alpha value is -3.25. The Morgan fingerprint density at radius 2 is 1.94 bits per heavy atom. The number of halogens is 2. The van der Waals surface area contributed by atoms with E-state index in [-0.39, 0.29) is 17.2 Å². The van der Waals surface area contributed by atoms with Crippen molar-refractivity contribution in [2.24, 2.45) is 7.05 Å². The van der Waals surface area contributed by atoms with Crippen LogP contribution in [0.25, 0.3) is 17.0 Å². The third-order valence-electron chi connectivity index (χ3n) is 6.30. The van der Waals surface area contributed by atoms with Crippen molar-refractivity contribution in [3.05, 3.63) is 89.1 Å². The third-order valence-corrected chi connectivity index (χ3v) is 6.30. The molecule has 0 radical (unpaired) electrons. The summed E-state index contributed by atoms with van der Waals surface area (Å²) in [5.74, 6) is -2.55. The van der Waals surface area contributed by atoms with E-state index in [4.69, 9.17) is 5.11 Å². The van der Waals surface area contributed by atoms with E-state index < -0.39 is 23.6 Å². The lowest BCUT2D eigenvalue weighted by atomic mass is 9.87. The van der Waals surface area contributed by atoms with Crippen LogP contribution < -0.4 is 0 Å². The first-order chi connectivity index (χ1) is 15.3. The number of hydrogen-bond donors (Lipinski definition) is 1. The zero-order valence-electron chi connectivity index (χ0n) is 18.2. The van der Waals surface area contributed by atoms with Gasteiger partial charge in [-0.2, -0.15) is 0 Å². The molecule has 4 nitrogen and oxygen atoms in total. The number of aryl methyl sites for hydroxylation is 1. The number of fused-ring (bicyclic) bond motifs is 3. The molecule has 166 valence electrons. The van der Waals surface area contributed by atoms with Crippen molar-refractivity contribution in [2.45, 2.75) is 31.8 Å². The van der Waals surface area contributed by atoms with Gasteiger partial charge in [0.2, 0.25) is 0 Å². The lowest BCUT2D eigenvalue weighted by Crippen LogP contribution is -2.44. The number of benzene rings is 2. The number of carboxylic acids is 1. The van der Waals surface area contributed by atoms with Crippen LogP contribution in [-0.2, 0) is 18.3 Å². The highest BCUT2D eigenvalue weighted by atomic mass is 19.1. The summed E-state index contributed by atoms with van der Waals surface area (Å²) in [7, 11) is 1.94. The van der Waals surface area contributed by atoms with Gasteiger partial charge in [0.1, 0.15) is 11.6 Å². The normalized spacial score (nSPS) is 18.9. The molecule has 0 saturated heterocycles. The summed E-state index contributed by atoms with van der Waals surface area (Å²) in [6.07, 6.45) is 5.36. The molecule has 1 aliphatic rings. The van der Waals surface area contributed by atoms with Crippen LogP contribution in [0.4, 0.5) is 8.78 Å². The maximum absolute atomic E-state index is 15.4. The molecule has 32 heavy (non-hydrogen) atoms. The number of aliphatic carboxylic acids is 1. The van der Waals surface area contributed by atoms with Gasteiger partial charge in [-0.25, -0.2) is 13.6 Å². The molecule has 1 aliphatic heterocycles. The van der Waals surface area contributed by atoms with E-state index in [0.717, 1.165) is 34.7 Å². The SMILES string of the molecule is C=CCCN1[C@H](c2c(F)cc(/C=C/C(=O)O)cc2F)c2c(c3ccccc3n2C)C[C@H]1C. The fourth-order valence-corrected chi connectivity index (χ4v) is 4.90. The average Bonchev–Trinajstić information content (AvgIpc) is 3.03. The van der Waals surface area contributed by atoms with Crippen molar-refractivity contribution in [1.29, 1.82) is 0 Å². The molecule has 0 fully saturated rings. The van der Waals surface area contributed by atoms with Gasteiger partial charge >= 0.3 is 5.97 Å². The van der Waals surface area contributed by atoms with E-state index in [1.165, 1.54) is 18.2 Å². The second kappa shape index (κ2) is 8.71. The molecule has 3 aromatic rings. The summed E-state index contributed by atoms with van der Waals surface area (Å²) in [5, 5.41) is 9.94. The van der Waals surface area contributed by atoms with Crippen LogP contribution >= 0.6 is 0 Å². The first-order valence-electron chi connectivity index (χ1n) is 10.7. The van der Waals surface area contributed by atoms with Gasteiger partial charge in [-0.1, -0.05) is 24.3 Å². The highest BCUT2D eigenvalue weighted by Crippen LogP contribution is 2.43. The molecule has 0 aliphatic carbocycles. The van der Waals surface area contributed by atoms with Gasteiger partial charge in [0, 0.05) is 47.9 Å². The monoisotopic (exact) mass is 436 g/mol. The van der Waals surface area contributed by atoms with Gasteiger partial charge in [0.25, 0.3) is 0 Å². The van der Waals surface area contributed by atoms with Crippen LogP contribution in [0.15, 0.2) is 55.1 Å². The highest BCUT2D eigenvalue weighted by Gasteiger charge is 2.39. The smallest absolute Gasteiger partial charge is 0.328 e. The molecule has 2 aromatic carbocycles. The fourth-order valence-electron chi connectivity index (χ4n) is 4.90. The van der Waals surface area contributed by atoms with Crippen LogP contribution in [0.1, 0.15) is 41.8 Å². The number of aromatic nitrogens is 1. The molecular formula is C26H26F2N2O2.